The average Bonchev–Trinajstić information content (AvgIpc) is 0.876. The summed E-state index contributed by atoms with van der Waals surface area (Å²) in [5, 5.41) is 18.9. The number of hydrogen-bond donors (Lipinski definition) is 7. The molecule has 0 amide bonds. The summed E-state index contributed by atoms with van der Waals surface area (Å²) in [5.41, 5.74) is 27.6. The highest BCUT2D eigenvalue weighted by atomic mass is 35.5. The molecule has 0 heterocycles. The van der Waals surface area contributed by atoms with Gasteiger partial charge in [-0.05, 0) is 402 Å². The molecule has 694 valence electrons. The van der Waals surface area contributed by atoms with Gasteiger partial charge in [-0.2, -0.15) is 0 Å². The predicted octanol–water partition coefficient (Wildman–Crippen LogP) is 26.9. The lowest BCUT2D eigenvalue weighted by Crippen LogP contribution is -2.33. The van der Waals surface area contributed by atoms with Crippen LogP contribution in [0.1, 0.15) is 224 Å². The van der Waals surface area contributed by atoms with Crippen LogP contribution in [0.5, 0.6) is 28.7 Å². The molecule has 5 saturated carbocycles. The molecule has 10 aromatic carbocycles. The molecule has 5 aliphatic rings. The fraction of sp³-hybridized carbons (Fsp3) is 0.483. The zero-order valence-electron chi connectivity index (χ0n) is 80.1. The van der Waals surface area contributed by atoms with Crippen LogP contribution < -0.4 is 61.7 Å². The van der Waals surface area contributed by atoms with Crippen LogP contribution in [0, 0.1) is 101 Å². The summed E-state index contributed by atoms with van der Waals surface area (Å²) in [7, 11) is 0. The number of hydrogen-bond acceptors (Lipinski definition) is 12. The minimum Gasteiger partial charge on any atom is -0.490 e. The second kappa shape index (κ2) is 54.6. The van der Waals surface area contributed by atoms with Gasteiger partial charge in [-0.25, -0.2) is 0 Å². The maximum atomic E-state index is 6.28. The first kappa shape index (κ1) is 100. The number of anilines is 2. The van der Waals surface area contributed by atoms with Gasteiger partial charge in [0.05, 0.1) is 30.5 Å². The van der Waals surface area contributed by atoms with Gasteiger partial charge < -0.3 is 61.7 Å². The van der Waals surface area contributed by atoms with E-state index in [-0.39, 0.29) is 0 Å². The molecular weight excluding hydrogens is 1610 g/mol. The number of rotatable bonds is 35. The lowest BCUT2D eigenvalue weighted by molar-refractivity contribution is 0.102. The summed E-state index contributed by atoms with van der Waals surface area (Å²) in [6.07, 6.45) is 26.5. The molecule has 0 radical (unpaired) electrons. The molecule has 5 aliphatic carbocycles. The van der Waals surface area contributed by atoms with Gasteiger partial charge in [0, 0.05) is 49.1 Å². The molecule has 0 aromatic heterocycles. The van der Waals surface area contributed by atoms with Crippen LogP contribution in [0.2, 0.25) is 5.02 Å². The van der Waals surface area contributed by atoms with E-state index >= 15 is 0 Å². The summed E-state index contributed by atoms with van der Waals surface area (Å²) < 4.78 is 31.4. The number of para-hydroxylation sites is 1. The van der Waals surface area contributed by atoms with Crippen molar-refractivity contribution in [3.05, 3.63) is 315 Å². The third kappa shape index (κ3) is 36.5. The molecule has 0 aliphatic heterocycles. The number of nitrogens with two attached hydrogens (primary N) is 2. The summed E-state index contributed by atoms with van der Waals surface area (Å²) in [4.78, 5) is 0. The van der Waals surface area contributed by atoms with E-state index in [2.05, 4.69) is 297 Å². The molecule has 10 aromatic rings. The van der Waals surface area contributed by atoms with E-state index in [9.17, 15) is 0 Å². The Bertz CT molecular complexity index is 4590. The van der Waals surface area contributed by atoms with Crippen molar-refractivity contribution in [3.8, 4) is 28.7 Å². The van der Waals surface area contributed by atoms with Gasteiger partial charge in [-0.15, -0.1) is 0 Å². The Labute approximate surface area is 783 Å². The lowest BCUT2D eigenvalue weighted by atomic mass is 9.79. The van der Waals surface area contributed by atoms with Crippen molar-refractivity contribution < 1.29 is 23.7 Å². The first-order valence-electron chi connectivity index (χ1n) is 49.3. The maximum absolute atomic E-state index is 6.28. The largest absolute Gasteiger partial charge is 0.490 e. The van der Waals surface area contributed by atoms with Gasteiger partial charge in [0.1, 0.15) is 28.7 Å². The molecule has 13 heteroatoms. The van der Waals surface area contributed by atoms with E-state index in [0.29, 0.717) is 60.1 Å². The van der Waals surface area contributed by atoms with Crippen molar-refractivity contribution in [3.63, 3.8) is 0 Å². The van der Waals surface area contributed by atoms with E-state index < -0.39 is 0 Å². The molecule has 15 unspecified atom stereocenters. The zero-order valence-corrected chi connectivity index (χ0v) is 80.9. The number of aryl methyl sites for hydroxylation is 6. The van der Waals surface area contributed by atoms with E-state index in [1.165, 1.54) is 170 Å². The second-order valence-electron chi connectivity index (χ2n) is 39.0. The quantitative estimate of drug-likeness (QED) is 0.0189. The highest BCUT2D eigenvalue weighted by Gasteiger charge is 2.33. The lowest BCUT2D eigenvalue weighted by Gasteiger charge is -2.33. The van der Waals surface area contributed by atoms with Gasteiger partial charge >= 0.3 is 0 Å². The van der Waals surface area contributed by atoms with Crippen LogP contribution in [-0.2, 0) is 32.7 Å². The molecule has 0 saturated heterocycles. The smallest absolute Gasteiger partial charge is 0.119 e. The van der Waals surface area contributed by atoms with E-state index in [1.807, 2.05) is 54.6 Å². The first-order valence-corrected chi connectivity index (χ1v) is 49.7. The molecule has 15 atom stereocenters. The van der Waals surface area contributed by atoms with Crippen molar-refractivity contribution in [2.75, 3.05) is 44.2 Å². The molecule has 12 nitrogen and oxygen atoms in total. The maximum Gasteiger partial charge on any atom is 0.119 e. The van der Waals surface area contributed by atoms with E-state index in [1.54, 1.807) is 0 Å². The van der Waals surface area contributed by atoms with Gasteiger partial charge in [0.25, 0.3) is 0 Å². The van der Waals surface area contributed by atoms with Crippen molar-refractivity contribution in [2.24, 2.45) is 59.2 Å². The standard InChI is InChI=1S/C24H33NO.C23H30ClNO.2C23H32N2O.C23H31NO/c1-18-7-4-9-21(13-18)17-25-16-20(3)22-10-6-12-24(15-22)26-23-11-5-8-19(2)14-23;1-17-7-5-10-21(13-17)26-22-11-6-9-19(14-22)18(2)15-25-16-20-8-3-4-12-23(20)24;1-17-6-3-10-22(12-17)26-23-11-5-8-20(14-23)18(2)15-25-16-19-7-4-9-21(24)13-19;1-17-7-5-10-21(13-17)26-22-11-6-9-19(14-22)18(2)15-25-16-20-8-3-4-12-23(20)24;1-18-8-6-12-22(14-18)25-23-13-7-11-21(15-23)19(2)16-24-17-20-9-4-3-5-10-20/h4-5,7-9,11,13-14,20,22,24-25H,6,10,12,15-17H2,1-3H3;3-5,7-8,10,12-13,18-19,22,25H,6,9,11,14-16H2,1-2H3;3-4,6-7,9-10,12-13,18,20,23,25H,5,8,11,14-16,24H2,1-2H3;3-5,7-8,10,12-13,18-19,22,25H,6,9,11,14-16,24H2,1-2H3;3-6,8-10,12,14,19,21,23-24H,7,11,13,15-17H2,1-2H3. The third-order valence-electron chi connectivity index (χ3n) is 27.7. The second-order valence-corrected chi connectivity index (χ2v) is 39.4. The fourth-order valence-electron chi connectivity index (χ4n) is 19.9. The van der Waals surface area contributed by atoms with E-state index in [4.69, 9.17) is 46.8 Å². The van der Waals surface area contributed by atoms with Crippen molar-refractivity contribution in [1.82, 2.24) is 26.6 Å². The number of halogens is 1. The summed E-state index contributed by atoms with van der Waals surface area (Å²) in [5.74, 6) is 12.1. The molecule has 0 spiro atoms. The predicted molar refractivity (Wildman–Crippen MR) is 543 cm³/mol. The normalized spacial score (nSPS) is 21.4. The molecule has 5 fully saturated rings. The first-order chi connectivity index (χ1) is 62.6. The number of benzene rings is 10. The summed E-state index contributed by atoms with van der Waals surface area (Å²) >= 11 is 6.24. The summed E-state index contributed by atoms with van der Waals surface area (Å²) in [6, 6.07) is 85.8. The SMILES string of the molecule is Cc1cccc(CNCC(C)C2CCCC(Oc3cccc(C)c3)C2)c1.Cc1cccc(OC2CCCC(C(C)CNCc3cccc(N)c3)C2)c1.Cc1cccc(OC2CCCC(C(C)CNCc3ccccc3)C2)c1.Cc1cccc(OC2CCCC(C(C)CNCc3ccccc3Cl)C2)c1.Cc1cccc(OC2CCCC(C(C)CNCc3ccccc3N)C2)c1. The Hall–Kier alpha value is -9.11. The van der Waals surface area contributed by atoms with Gasteiger partial charge in [0.15, 0.2) is 0 Å². The Morgan fingerprint density at radius 1 is 0.271 bits per heavy atom. The number of nitrogens with one attached hydrogen (secondary N) is 5. The molecule has 0 bridgehead atoms. The van der Waals surface area contributed by atoms with Crippen molar-refractivity contribution in [2.45, 2.75) is 268 Å². The van der Waals surface area contributed by atoms with Crippen LogP contribution >= 0.6 is 11.6 Å². The van der Waals surface area contributed by atoms with Crippen molar-refractivity contribution in [1.29, 1.82) is 0 Å². The van der Waals surface area contributed by atoms with Gasteiger partial charge in [-0.3, -0.25) is 0 Å². The van der Waals surface area contributed by atoms with Crippen LogP contribution in [0.3, 0.4) is 0 Å². The molecule has 129 heavy (non-hydrogen) atoms. The molecule has 9 N–H and O–H groups in total. The summed E-state index contributed by atoms with van der Waals surface area (Å²) in [6.45, 7) is 34.3. The number of ether oxygens (including phenoxy) is 5. The minimum atomic E-state index is 0.349. The zero-order chi connectivity index (χ0) is 90.9. The van der Waals surface area contributed by atoms with Crippen LogP contribution in [-0.4, -0.2) is 63.2 Å². The minimum absolute atomic E-state index is 0.349. The highest BCUT2D eigenvalue weighted by Crippen LogP contribution is 2.39. The molecular formula is C116H158ClN7O5. The third-order valence-corrected chi connectivity index (χ3v) is 28.0. The van der Waals surface area contributed by atoms with Gasteiger partial charge in [-0.1, -0.05) is 216 Å². The number of nitrogen functional groups attached to an aromatic ring is 2. The van der Waals surface area contributed by atoms with Crippen LogP contribution in [0.25, 0.3) is 0 Å². The van der Waals surface area contributed by atoms with Crippen molar-refractivity contribution >= 4 is 23.0 Å². The Kier molecular flexibility index (Phi) is 42.5. The highest BCUT2D eigenvalue weighted by molar-refractivity contribution is 6.31. The van der Waals surface area contributed by atoms with Crippen LogP contribution in [0.4, 0.5) is 11.4 Å². The Morgan fingerprint density at radius 2 is 0.535 bits per heavy atom. The Morgan fingerprint density at radius 3 is 0.853 bits per heavy atom. The molecule has 15 rings (SSSR count). The van der Waals surface area contributed by atoms with E-state index in [0.717, 1.165) is 159 Å². The van der Waals surface area contributed by atoms with Gasteiger partial charge in [0.2, 0.25) is 0 Å². The van der Waals surface area contributed by atoms with Crippen LogP contribution in [0.15, 0.2) is 249 Å². The monoisotopic (exact) mass is 1760 g/mol. The topological polar surface area (TPSA) is 158 Å². The Balaban J connectivity index is 0.000000156. The average molecular weight is 1770 g/mol. The fourth-order valence-corrected chi connectivity index (χ4v) is 20.1.